The number of amides is 1. The molecule has 0 radical (unpaired) electrons. The molecule has 0 atom stereocenters. The third kappa shape index (κ3) is 2.65. The molecule has 2 aromatic heterocycles. The van der Waals surface area contributed by atoms with Crippen LogP contribution in [0.3, 0.4) is 0 Å². The van der Waals surface area contributed by atoms with Crippen LogP contribution < -0.4 is 4.90 Å². The van der Waals surface area contributed by atoms with Crippen LogP contribution in [-0.2, 0) is 0 Å². The van der Waals surface area contributed by atoms with Crippen molar-refractivity contribution in [3.05, 3.63) is 47.0 Å². The third-order valence-corrected chi connectivity index (χ3v) is 3.40. The highest BCUT2D eigenvalue weighted by atomic mass is 16.4. The normalized spacial score (nSPS) is 10.4. The molecule has 2 aromatic rings. The van der Waals surface area contributed by atoms with E-state index in [0.717, 1.165) is 5.69 Å². The minimum Gasteiger partial charge on any atom is -0.477 e. The van der Waals surface area contributed by atoms with Gasteiger partial charge in [0.05, 0.1) is 5.56 Å². The molecule has 21 heavy (non-hydrogen) atoms. The Bertz CT molecular complexity index is 677. The van der Waals surface area contributed by atoms with E-state index >= 15 is 0 Å². The highest BCUT2D eigenvalue weighted by Gasteiger charge is 2.25. The lowest BCUT2D eigenvalue weighted by Crippen LogP contribution is -2.31. The lowest BCUT2D eigenvalue weighted by molar-refractivity contribution is 0.0690. The number of hydrogen-bond acceptors (Lipinski definition) is 3. The Labute approximate surface area is 122 Å². The van der Waals surface area contributed by atoms with Gasteiger partial charge in [-0.15, -0.1) is 0 Å². The Kier molecular flexibility index (Phi) is 4.07. The Morgan fingerprint density at radius 1 is 1.29 bits per heavy atom. The van der Waals surface area contributed by atoms with Gasteiger partial charge in [0.25, 0.3) is 5.91 Å². The molecule has 2 N–H and O–H groups in total. The van der Waals surface area contributed by atoms with Gasteiger partial charge >= 0.3 is 5.97 Å². The van der Waals surface area contributed by atoms with Crippen LogP contribution in [0.1, 0.15) is 39.0 Å². The van der Waals surface area contributed by atoms with Crippen molar-refractivity contribution in [2.75, 3.05) is 11.4 Å². The van der Waals surface area contributed by atoms with Crippen LogP contribution in [0.5, 0.6) is 0 Å². The standard InChI is InChI=1S/C15H17N3O3/c1-4-18(11-5-7-16-8-6-11)14(19)12-9(2)13(15(20)21)17-10(12)3/h5-8,17H,4H2,1-3H3,(H,20,21). The van der Waals surface area contributed by atoms with E-state index in [1.54, 1.807) is 43.3 Å². The van der Waals surface area contributed by atoms with Crippen LogP contribution in [0, 0.1) is 13.8 Å². The van der Waals surface area contributed by atoms with Gasteiger partial charge in [0.1, 0.15) is 5.69 Å². The van der Waals surface area contributed by atoms with Crippen LogP contribution in [-0.4, -0.2) is 33.5 Å². The molecule has 0 aliphatic carbocycles. The van der Waals surface area contributed by atoms with Crippen molar-refractivity contribution in [1.82, 2.24) is 9.97 Å². The molecular weight excluding hydrogens is 270 g/mol. The number of pyridine rings is 1. The van der Waals surface area contributed by atoms with Crippen molar-refractivity contribution in [2.45, 2.75) is 20.8 Å². The number of carboxylic acids is 1. The fourth-order valence-corrected chi connectivity index (χ4v) is 2.39. The average molecular weight is 287 g/mol. The third-order valence-electron chi connectivity index (χ3n) is 3.40. The van der Waals surface area contributed by atoms with Gasteiger partial charge in [0.2, 0.25) is 0 Å². The maximum atomic E-state index is 12.7. The second-order valence-corrected chi connectivity index (χ2v) is 4.68. The molecule has 0 unspecified atom stereocenters. The topological polar surface area (TPSA) is 86.3 Å². The number of H-pyrrole nitrogens is 1. The lowest BCUT2D eigenvalue weighted by atomic mass is 10.1. The Morgan fingerprint density at radius 3 is 2.38 bits per heavy atom. The summed E-state index contributed by atoms with van der Waals surface area (Å²) in [6, 6.07) is 3.49. The summed E-state index contributed by atoms with van der Waals surface area (Å²) in [5, 5.41) is 9.13. The molecular formula is C15H17N3O3. The number of nitrogens with zero attached hydrogens (tertiary/aromatic N) is 2. The number of nitrogens with one attached hydrogen (secondary N) is 1. The smallest absolute Gasteiger partial charge is 0.352 e. The second kappa shape index (κ2) is 5.78. The summed E-state index contributed by atoms with van der Waals surface area (Å²) in [5.74, 6) is -1.29. The molecule has 1 amide bonds. The molecule has 0 saturated carbocycles. The van der Waals surface area contributed by atoms with Crippen molar-refractivity contribution in [1.29, 1.82) is 0 Å². The predicted molar refractivity (Wildman–Crippen MR) is 78.8 cm³/mol. The molecule has 0 fully saturated rings. The molecule has 110 valence electrons. The van der Waals surface area contributed by atoms with E-state index in [-0.39, 0.29) is 11.6 Å². The van der Waals surface area contributed by atoms with E-state index in [0.29, 0.717) is 23.4 Å². The molecule has 2 heterocycles. The van der Waals surface area contributed by atoms with Crippen molar-refractivity contribution in [3.63, 3.8) is 0 Å². The van der Waals surface area contributed by atoms with Crippen LogP contribution >= 0.6 is 0 Å². The fourth-order valence-electron chi connectivity index (χ4n) is 2.39. The van der Waals surface area contributed by atoms with Gasteiger partial charge in [-0.05, 0) is 38.5 Å². The van der Waals surface area contributed by atoms with Gasteiger partial charge in [-0.3, -0.25) is 9.78 Å². The number of aryl methyl sites for hydroxylation is 1. The second-order valence-electron chi connectivity index (χ2n) is 4.68. The van der Waals surface area contributed by atoms with Crippen molar-refractivity contribution >= 4 is 17.6 Å². The molecule has 6 nitrogen and oxygen atoms in total. The van der Waals surface area contributed by atoms with E-state index in [9.17, 15) is 9.59 Å². The van der Waals surface area contributed by atoms with E-state index in [4.69, 9.17) is 5.11 Å². The first kappa shape index (κ1) is 14.8. The van der Waals surface area contributed by atoms with Gasteiger partial charge in [0, 0.05) is 30.3 Å². The van der Waals surface area contributed by atoms with E-state index in [1.807, 2.05) is 6.92 Å². The van der Waals surface area contributed by atoms with Crippen molar-refractivity contribution < 1.29 is 14.7 Å². The van der Waals surface area contributed by atoms with Gasteiger partial charge in [-0.1, -0.05) is 0 Å². The van der Waals surface area contributed by atoms with Crippen LogP contribution in [0.25, 0.3) is 0 Å². The summed E-state index contributed by atoms with van der Waals surface area (Å²) in [6.45, 7) is 5.69. The Hall–Kier alpha value is -2.63. The Balaban J connectivity index is 2.46. The highest BCUT2D eigenvalue weighted by Crippen LogP contribution is 2.23. The van der Waals surface area contributed by atoms with Crippen molar-refractivity contribution in [2.24, 2.45) is 0 Å². The number of aromatic amines is 1. The first-order valence-electron chi connectivity index (χ1n) is 6.61. The molecule has 0 aromatic carbocycles. The van der Waals surface area contributed by atoms with Crippen LogP contribution in [0.2, 0.25) is 0 Å². The summed E-state index contributed by atoms with van der Waals surface area (Å²) in [5.41, 5.74) is 2.21. The van der Waals surface area contributed by atoms with Crippen molar-refractivity contribution in [3.8, 4) is 0 Å². The minimum absolute atomic E-state index is 0.0571. The number of aromatic nitrogens is 2. The number of carbonyl (C=O) groups is 2. The summed E-state index contributed by atoms with van der Waals surface area (Å²) < 4.78 is 0. The number of hydrogen-bond donors (Lipinski definition) is 2. The molecule has 0 aliphatic rings. The zero-order valence-electron chi connectivity index (χ0n) is 12.2. The van der Waals surface area contributed by atoms with Gasteiger partial charge in [-0.25, -0.2) is 4.79 Å². The largest absolute Gasteiger partial charge is 0.477 e. The molecule has 2 rings (SSSR count). The van der Waals surface area contributed by atoms with Gasteiger partial charge < -0.3 is 15.0 Å². The summed E-state index contributed by atoms with van der Waals surface area (Å²) in [7, 11) is 0. The highest BCUT2D eigenvalue weighted by molar-refractivity contribution is 6.09. The SMILES string of the molecule is CCN(C(=O)c1c(C)[nH]c(C(=O)O)c1C)c1ccncc1. The van der Waals surface area contributed by atoms with E-state index in [1.165, 1.54) is 0 Å². The molecule has 6 heteroatoms. The first-order chi connectivity index (χ1) is 9.97. The first-order valence-corrected chi connectivity index (χ1v) is 6.61. The Morgan fingerprint density at radius 2 is 1.90 bits per heavy atom. The molecule has 0 saturated heterocycles. The maximum Gasteiger partial charge on any atom is 0.352 e. The zero-order valence-corrected chi connectivity index (χ0v) is 12.2. The molecule has 0 spiro atoms. The number of carboxylic acid groups (broad SMARTS) is 1. The number of rotatable bonds is 4. The van der Waals surface area contributed by atoms with E-state index < -0.39 is 5.97 Å². The number of anilines is 1. The monoisotopic (exact) mass is 287 g/mol. The molecule has 0 bridgehead atoms. The van der Waals surface area contributed by atoms with E-state index in [2.05, 4.69) is 9.97 Å². The summed E-state index contributed by atoms with van der Waals surface area (Å²) in [6.07, 6.45) is 3.23. The van der Waals surface area contributed by atoms with Crippen LogP contribution in [0.15, 0.2) is 24.5 Å². The molecule has 0 aliphatic heterocycles. The summed E-state index contributed by atoms with van der Waals surface area (Å²) >= 11 is 0. The average Bonchev–Trinajstić information content (AvgIpc) is 2.76. The zero-order chi connectivity index (χ0) is 15.6. The summed E-state index contributed by atoms with van der Waals surface area (Å²) in [4.78, 5) is 32.2. The predicted octanol–water partition coefficient (Wildman–Crippen LogP) is 2.39. The number of aromatic carboxylic acids is 1. The lowest BCUT2D eigenvalue weighted by Gasteiger charge is -2.21. The minimum atomic E-state index is -1.07. The van der Waals surface area contributed by atoms with Gasteiger partial charge in [-0.2, -0.15) is 0 Å². The number of carbonyl (C=O) groups excluding carboxylic acids is 1. The maximum absolute atomic E-state index is 12.7. The van der Waals surface area contributed by atoms with Gasteiger partial charge in [0.15, 0.2) is 0 Å². The van der Waals surface area contributed by atoms with Crippen LogP contribution in [0.4, 0.5) is 5.69 Å². The fraction of sp³-hybridized carbons (Fsp3) is 0.267. The quantitative estimate of drug-likeness (QED) is 0.904.